The Kier molecular flexibility index (Phi) is 4.91. The normalized spacial score (nSPS) is 12.1. The first-order valence-corrected chi connectivity index (χ1v) is 7.00. The Morgan fingerprint density at radius 1 is 1.33 bits per heavy atom. The third-order valence-electron chi connectivity index (χ3n) is 3.25. The maximum atomic E-state index is 12.6. The molecular formula is C15H15F3N4O2. The SMILES string of the molecule is CC(C)n1ccc(/C=N/Nc2ccc(C(F)(F)F)cc2[N+](=O)[O-])c1. The first kappa shape index (κ1) is 17.5. The molecule has 0 spiro atoms. The molecular weight excluding hydrogens is 325 g/mol. The lowest BCUT2D eigenvalue weighted by atomic mass is 10.1. The van der Waals surface area contributed by atoms with Gasteiger partial charge in [0.15, 0.2) is 0 Å². The molecule has 0 saturated heterocycles. The summed E-state index contributed by atoms with van der Waals surface area (Å²) in [5, 5.41) is 14.8. The summed E-state index contributed by atoms with van der Waals surface area (Å²) in [5.41, 5.74) is 1.27. The minimum atomic E-state index is -4.65. The average molecular weight is 340 g/mol. The monoisotopic (exact) mass is 340 g/mol. The van der Waals surface area contributed by atoms with Crippen LogP contribution >= 0.6 is 0 Å². The Bertz CT molecular complexity index is 766. The molecule has 0 aliphatic heterocycles. The van der Waals surface area contributed by atoms with E-state index in [2.05, 4.69) is 10.5 Å². The van der Waals surface area contributed by atoms with Crippen molar-refractivity contribution in [3.8, 4) is 0 Å². The van der Waals surface area contributed by atoms with E-state index < -0.39 is 22.4 Å². The molecule has 1 aromatic carbocycles. The van der Waals surface area contributed by atoms with Gasteiger partial charge >= 0.3 is 6.18 Å². The standard InChI is InChI=1S/C15H15F3N4O2/c1-10(2)21-6-5-11(9-21)8-19-20-13-4-3-12(15(16,17)18)7-14(13)22(23)24/h3-10,20H,1-2H3/b19-8+. The highest BCUT2D eigenvalue weighted by Crippen LogP contribution is 2.34. The van der Waals surface area contributed by atoms with E-state index in [1.807, 2.05) is 30.8 Å². The van der Waals surface area contributed by atoms with Gasteiger partial charge in [0.2, 0.25) is 0 Å². The molecule has 1 heterocycles. The smallest absolute Gasteiger partial charge is 0.351 e. The number of aromatic nitrogens is 1. The number of nitrogens with zero attached hydrogens (tertiary/aromatic N) is 3. The summed E-state index contributed by atoms with van der Waals surface area (Å²) in [6, 6.07) is 4.30. The summed E-state index contributed by atoms with van der Waals surface area (Å²) < 4.78 is 39.8. The van der Waals surface area contributed by atoms with Gasteiger partial charge in [-0.3, -0.25) is 15.5 Å². The lowest BCUT2D eigenvalue weighted by molar-refractivity contribution is -0.384. The van der Waals surface area contributed by atoms with Crippen molar-refractivity contribution in [2.45, 2.75) is 26.1 Å². The minimum Gasteiger partial charge on any atom is -0.351 e. The number of halogens is 3. The molecule has 6 nitrogen and oxygen atoms in total. The summed E-state index contributed by atoms with van der Waals surface area (Å²) in [7, 11) is 0. The van der Waals surface area contributed by atoms with Crippen molar-refractivity contribution < 1.29 is 18.1 Å². The fourth-order valence-electron chi connectivity index (χ4n) is 1.96. The summed E-state index contributed by atoms with van der Waals surface area (Å²) in [4.78, 5) is 10.1. The number of anilines is 1. The van der Waals surface area contributed by atoms with Crippen LogP contribution in [0.1, 0.15) is 31.0 Å². The quantitative estimate of drug-likeness (QED) is 0.497. The zero-order valence-electron chi connectivity index (χ0n) is 12.9. The molecule has 9 heteroatoms. The van der Waals surface area contributed by atoms with E-state index in [0.717, 1.165) is 17.7 Å². The highest BCUT2D eigenvalue weighted by atomic mass is 19.4. The van der Waals surface area contributed by atoms with Crippen molar-refractivity contribution in [2.24, 2.45) is 5.10 Å². The molecule has 1 aromatic heterocycles. The van der Waals surface area contributed by atoms with Crippen LogP contribution in [0.3, 0.4) is 0 Å². The molecule has 0 atom stereocenters. The van der Waals surface area contributed by atoms with Crippen LogP contribution in [0.4, 0.5) is 24.5 Å². The zero-order chi connectivity index (χ0) is 17.9. The van der Waals surface area contributed by atoms with E-state index in [1.165, 1.54) is 6.21 Å². The highest BCUT2D eigenvalue weighted by Gasteiger charge is 2.33. The highest BCUT2D eigenvalue weighted by molar-refractivity contribution is 5.80. The Labute approximate surface area is 135 Å². The number of nitrogens with one attached hydrogen (secondary N) is 1. The summed E-state index contributed by atoms with van der Waals surface area (Å²) in [6.45, 7) is 4.01. The third-order valence-corrected chi connectivity index (χ3v) is 3.25. The average Bonchev–Trinajstić information content (AvgIpc) is 2.95. The van der Waals surface area contributed by atoms with Crippen LogP contribution in [0.25, 0.3) is 0 Å². The topological polar surface area (TPSA) is 72.5 Å². The van der Waals surface area contributed by atoms with Crippen molar-refractivity contribution in [2.75, 3.05) is 5.43 Å². The van der Waals surface area contributed by atoms with Gasteiger partial charge in [-0.2, -0.15) is 18.3 Å². The first-order valence-electron chi connectivity index (χ1n) is 7.00. The summed E-state index contributed by atoms with van der Waals surface area (Å²) in [6.07, 6.45) is 0.468. The first-order chi connectivity index (χ1) is 11.2. The van der Waals surface area contributed by atoms with E-state index in [0.29, 0.717) is 6.07 Å². The van der Waals surface area contributed by atoms with E-state index in [9.17, 15) is 23.3 Å². The fraction of sp³-hybridized carbons (Fsp3) is 0.267. The molecule has 0 radical (unpaired) electrons. The van der Waals surface area contributed by atoms with Gasteiger partial charge in [0.25, 0.3) is 5.69 Å². The van der Waals surface area contributed by atoms with Gasteiger partial charge < -0.3 is 4.57 Å². The second-order valence-corrected chi connectivity index (χ2v) is 5.34. The van der Waals surface area contributed by atoms with Crippen molar-refractivity contribution in [1.29, 1.82) is 0 Å². The predicted octanol–water partition coefficient (Wildman–Crippen LogP) is 4.44. The van der Waals surface area contributed by atoms with Crippen LogP contribution in [0.2, 0.25) is 0 Å². The van der Waals surface area contributed by atoms with Gasteiger partial charge in [-0.25, -0.2) is 0 Å². The second kappa shape index (κ2) is 6.73. The molecule has 1 N–H and O–H groups in total. The molecule has 0 saturated carbocycles. The fourth-order valence-corrected chi connectivity index (χ4v) is 1.96. The molecule has 0 aliphatic rings. The van der Waals surface area contributed by atoms with Gasteiger partial charge in [-0.05, 0) is 32.0 Å². The van der Waals surface area contributed by atoms with E-state index >= 15 is 0 Å². The number of rotatable bonds is 5. The molecule has 0 aliphatic carbocycles. The van der Waals surface area contributed by atoms with Gasteiger partial charge in [0.05, 0.1) is 16.7 Å². The van der Waals surface area contributed by atoms with Gasteiger partial charge in [0, 0.05) is 30.1 Å². The van der Waals surface area contributed by atoms with Crippen LogP contribution in [-0.4, -0.2) is 15.7 Å². The molecule has 128 valence electrons. The Morgan fingerprint density at radius 3 is 2.58 bits per heavy atom. The largest absolute Gasteiger partial charge is 0.416 e. The van der Waals surface area contributed by atoms with Crippen LogP contribution in [-0.2, 0) is 6.18 Å². The Balaban J connectivity index is 2.19. The maximum absolute atomic E-state index is 12.6. The molecule has 0 fully saturated rings. The van der Waals surface area contributed by atoms with Crippen LogP contribution in [0, 0.1) is 10.1 Å². The predicted molar refractivity (Wildman–Crippen MR) is 84.1 cm³/mol. The van der Waals surface area contributed by atoms with Crippen LogP contribution in [0.15, 0.2) is 41.8 Å². The molecule has 2 aromatic rings. The molecule has 0 amide bonds. The third kappa shape index (κ3) is 4.12. The Hall–Kier alpha value is -2.84. The number of alkyl halides is 3. The lowest BCUT2D eigenvalue weighted by Crippen LogP contribution is -2.06. The Morgan fingerprint density at radius 2 is 2.04 bits per heavy atom. The van der Waals surface area contributed by atoms with Crippen LogP contribution in [0.5, 0.6) is 0 Å². The number of nitro benzene ring substituents is 1. The van der Waals surface area contributed by atoms with Crippen molar-refractivity contribution in [3.05, 3.63) is 57.9 Å². The van der Waals surface area contributed by atoms with Gasteiger partial charge in [0.1, 0.15) is 5.69 Å². The van der Waals surface area contributed by atoms with Crippen LogP contribution < -0.4 is 5.43 Å². The summed E-state index contributed by atoms with van der Waals surface area (Å²) >= 11 is 0. The van der Waals surface area contributed by atoms with E-state index in [4.69, 9.17) is 0 Å². The molecule has 24 heavy (non-hydrogen) atoms. The van der Waals surface area contributed by atoms with Crippen molar-refractivity contribution in [3.63, 3.8) is 0 Å². The summed E-state index contributed by atoms with van der Waals surface area (Å²) in [5.74, 6) is 0. The molecule has 0 bridgehead atoms. The van der Waals surface area contributed by atoms with E-state index in [-0.39, 0.29) is 11.7 Å². The molecule has 2 rings (SSSR count). The number of hydrogen-bond acceptors (Lipinski definition) is 4. The number of benzene rings is 1. The minimum absolute atomic E-state index is 0.118. The lowest BCUT2D eigenvalue weighted by Gasteiger charge is -2.08. The van der Waals surface area contributed by atoms with Gasteiger partial charge in [-0.1, -0.05) is 0 Å². The zero-order valence-corrected chi connectivity index (χ0v) is 12.9. The van der Waals surface area contributed by atoms with Gasteiger partial charge in [-0.15, -0.1) is 0 Å². The maximum Gasteiger partial charge on any atom is 0.416 e. The van der Waals surface area contributed by atoms with E-state index in [1.54, 1.807) is 6.07 Å². The number of hydrazone groups is 1. The molecule has 0 unspecified atom stereocenters. The van der Waals surface area contributed by atoms with Crippen molar-refractivity contribution in [1.82, 2.24) is 4.57 Å². The number of hydrogen-bond donors (Lipinski definition) is 1. The van der Waals surface area contributed by atoms with Crippen molar-refractivity contribution >= 4 is 17.6 Å². The number of nitro groups is 1. The second-order valence-electron chi connectivity index (χ2n) is 5.34.